The third-order valence-corrected chi connectivity index (χ3v) is 2.71. The third kappa shape index (κ3) is 2.47. The van der Waals surface area contributed by atoms with E-state index in [1.165, 1.54) is 6.20 Å². The molecule has 3 heteroatoms. The number of hydrogen-bond donors (Lipinski definition) is 1. The summed E-state index contributed by atoms with van der Waals surface area (Å²) < 4.78 is 0. The monoisotopic (exact) mass is 203 g/mol. The van der Waals surface area contributed by atoms with Crippen LogP contribution in [0.1, 0.15) is 50.2 Å². The van der Waals surface area contributed by atoms with Crippen molar-refractivity contribution in [3.05, 3.63) is 23.5 Å². The van der Waals surface area contributed by atoms with Gasteiger partial charge in [-0.3, -0.25) is 4.98 Å². The lowest BCUT2D eigenvalue weighted by molar-refractivity contribution is 0.595. The number of nitrogen functional groups attached to an aromatic ring is 1. The quantitative estimate of drug-likeness (QED) is 0.818. The molecule has 1 unspecified atom stereocenters. The number of aromatic nitrogens is 1. The van der Waals surface area contributed by atoms with Gasteiger partial charge < -0.3 is 5.73 Å². The number of nitriles is 1. The molecule has 0 radical (unpaired) electrons. The first-order valence-corrected chi connectivity index (χ1v) is 5.38. The zero-order valence-corrected chi connectivity index (χ0v) is 9.33. The van der Waals surface area contributed by atoms with Crippen LogP contribution in [0.15, 0.2) is 12.4 Å². The van der Waals surface area contributed by atoms with Crippen molar-refractivity contribution in [1.29, 1.82) is 5.26 Å². The van der Waals surface area contributed by atoms with Crippen LogP contribution in [-0.2, 0) is 0 Å². The van der Waals surface area contributed by atoms with Gasteiger partial charge in [0.1, 0.15) is 6.07 Å². The summed E-state index contributed by atoms with van der Waals surface area (Å²) in [5.74, 6) is 0.427. The first kappa shape index (κ1) is 11.5. The fraction of sp³-hybridized carbons (Fsp3) is 0.500. The number of hydrogen-bond acceptors (Lipinski definition) is 3. The molecule has 0 bridgehead atoms. The summed E-state index contributed by atoms with van der Waals surface area (Å²) in [6.45, 7) is 4.29. The van der Waals surface area contributed by atoms with Crippen LogP contribution in [0.4, 0.5) is 5.69 Å². The second kappa shape index (κ2) is 5.35. The minimum Gasteiger partial charge on any atom is -0.397 e. The van der Waals surface area contributed by atoms with Crippen molar-refractivity contribution >= 4 is 5.69 Å². The fourth-order valence-electron chi connectivity index (χ4n) is 1.83. The lowest BCUT2D eigenvalue weighted by atomic mass is 9.91. The smallest absolute Gasteiger partial charge is 0.103 e. The van der Waals surface area contributed by atoms with E-state index in [9.17, 15) is 0 Å². The van der Waals surface area contributed by atoms with Crippen LogP contribution >= 0.6 is 0 Å². The second-order valence-corrected chi connectivity index (χ2v) is 3.70. The first-order chi connectivity index (χ1) is 7.24. The molecule has 1 rings (SSSR count). The molecule has 0 aliphatic rings. The van der Waals surface area contributed by atoms with Gasteiger partial charge in [-0.1, -0.05) is 20.3 Å². The van der Waals surface area contributed by atoms with Crippen LogP contribution < -0.4 is 5.73 Å². The first-order valence-electron chi connectivity index (χ1n) is 5.38. The molecule has 1 aromatic rings. The second-order valence-electron chi connectivity index (χ2n) is 3.70. The van der Waals surface area contributed by atoms with Gasteiger partial charge >= 0.3 is 0 Å². The lowest BCUT2D eigenvalue weighted by Gasteiger charge is -2.16. The van der Waals surface area contributed by atoms with Gasteiger partial charge in [0.15, 0.2) is 0 Å². The highest BCUT2D eigenvalue weighted by atomic mass is 14.7. The highest BCUT2D eigenvalue weighted by molar-refractivity contribution is 5.58. The van der Waals surface area contributed by atoms with Crippen LogP contribution in [0.3, 0.4) is 0 Å². The molecule has 3 nitrogen and oxygen atoms in total. The summed E-state index contributed by atoms with van der Waals surface area (Å²) >= 11 is 0. The van der Waals surface area contributed by atoms with E-state index < -0.39 is 0 Å². The summed E-state index contributed by atoms with van der Waals surface area (Å²) in [7, 11) is 0. The Hall–Kier alpha value is -1.56. The molecule has 0 spiro atoms. The molecule has 0 aliphatic heterocycles. The van der Waals surface area contributed by atoms with Gasteiger partial charge in [-0.2, -0.15) is 5.26 Å². The lowest BCUT2D eigenvalue weighted by Crippen LogP contribution is -2.04. The number of pyridine rings is 1. The zero-order valence-electron chi connectivity index (χ0n) is 9.33. The van der Waals surface area contributed by atoms with Crippen LogP contribution in [0.2, 0.25) is 0 Å². The Kier molecular flexibility index (Phi) is 4.11. The zero-order chi connectivity index (χ0) is 11.3. The summed E-state index contributed by atoms with van der Waals surface area (Å²) in [6.07, 6.45) is 6.57. The van der Waals surface area contributed by atoms with E-state index in [0.29, 0.717) is 17.2 Å². The van der Waals surface area contributed by atoms with E-state index in [1.807, 2.05) is 0 Å². The highest BCUT2D eigenvalue weighted by Gasteiger charge is 2.14. The van der Waals surface area contributed by atoms with Gasteiger partial charge in [0.25, 0.3) is 0 Å². The van der Waals surface area contributed by atoms with Crippen molar-refractivity contribution in [3.63, 3.8) is 0 Å². The van der Waals surface area contributed by atoms with E-state index in [4.69, 9.17) is 11.0 Å². The molecule has 15 heavy (non-hydrogen) atoms. The Bertz CT molecular complexity index is 366. The van der Waals surface area contributed by atoms with E-state index in [0.717, 1.165) is 24.8 Å². The molecular formula is C12H17N3. The van der Waals surface area contributed by atoms with Crippen LogP contribution in [0.25, 0.3) is 0 Å². The van der Waals surface area contributed by atoms with Crippen molar-refractivity contribution in [2.24, 2.45) is 0 Å². The average Bonchev–Trinajstić information content (AvgIpc) is 2.27. The molecular weight excluding hydrogens is 186 g/mol. The maximum Gasteiger partial charge on any atom is 0.103 e. The minimum absolute atomic E-state index is 0.427. The Balaban J connectivity index is 3.08. The maximum atomic E-state index is 8.86. The largest absolute Gasteiger partial charge is 0.397 e. The standard InChI is InChI=1S/C12H17N3/c1-3-5-9(4-2)11-8-15-7-10(6-13)12(11)14/h7-9H,3-5H2,1-2H3,(H2,14,15). The molecule has 80 valence electrons. The predicted molar refractivity (Wildman–Crippen MR) is 61.3 cm³/mol. The van der Waals surface area contributed by atoms with Gasteiger partial charge in [0.05, 0.1) is 11.3 Å². The molecule has 0 amide bonds. The van der Waals surface area contributed by atoms with Gasteiger partial charge in [-0.05, 0) is 24.3 Å². The van der Waals surface area contributed by atoms with Crippen molar-refractivity contribution in [1.82, 2.24) is 4.98 Å². The normalized spacial score (nSPS) is 12.1. The van der Waals surface area contributed by atoms with Gasteiger partial charge in [0, 0.05) is 12.4 Å². The Morgan fingerprint density at radius 1 is 1.47 bits per heavy atom. The average molecular weight is 203 g/mol. The fourth-order valence-corrected chi connectivity index (χ4v) is 1.83. The van der Waals surface area contributed by atoms with Crippen molar-refractivity contribution in [3.8, 4) is 6.07 Å². The number of nitrogens with zero attached hydrogens (tertiary/aromatic N) is 2. The van der Waals surface area contributed by atoms with Gasteiger partial charge in [-0.25, -0.2) is 0 Å². The minimum atomic E-state index is 0.427. The van der Waals surface area contributed by atoms with Crippen LogP contribution in [-0.4, -0.2) is 4.98 Å². The number of rotatable bonds is 4. The van der Waals surface area contributed by atoms with Gasteiger partial charge in [0.2, 0.25) is 0 Å². The molecule has 1 heterocycles. The third-order valence-electron chi connectivity index (χ3n) is 2.71. The van der Waals surface area contributed by atoms with Crippen molar-refractivity contribution in [2.75, 3.05) is 5.73 Å². The van der Waals surface area contributed by atoms with E-state index >= 15 is 0 Å². The Morgan fingerprint density at radius 3 is 2.73 bits per heavy atom. The Labute approximate surface area is 90.9 Å². The van der Waals surface area contributed by atoms with E-state index in [2.05, 4.69) is 24.9 Å². The van der Waals surface area contributed by atoms with Crippen molar-refractivity contribution in [2.45, 2.75) is 39.0 Å². The molecule has 0 fully saturated rings. The van der Waals surface area contributed by atoms with Crippen molar-refractivity contribution < 1.29 is 0 Å². The summed E-state index contributed by atoms with van der Waals surface area (Å²) in [4.78, 5) is 4.06. The summed E-state index contributed by atoms with van der Waals surface area (Å²) in [5.41, 5.74) is 8.06. The number of anilines is 1. The Morgan fingerprint density at radius 2 is 2.20 bits per heavy atom. The molecule has 0 aromatic carbocycles. The summed E-state index contributed by atoms with van der Waals surface area (Å²) in [5, 5.41) is 8.86. The van der Waals surface area contributed by atoms with Crippen LogP contribution in [0.5, 0.6) is 0 Å². The maximum absolute atomic E-state index is 8.86. The van der Waals surface area contributed by atoms with Gasteiger partial charge in [-0.15, -0.1) is 0 Å². The van der Waals surface area contributed by atoms with E-state index in [-0.39, 0.29) is 0 Å². The molecule has 0 saturated carbocycles. The topological polar surface area (TPSA) is 62.7 Å². The predicted octanol–water partition coefficient (Wildman–Crippen LogP) is 2.83. The molecule has 1 atom stereocenters. The SMILES string of the molecule is CCCC(CC)c1cncc(C#N)c1N. The molecule has 0 saturated heterocycles. The highest BCUT2D eigenvalue weighted by Crippen LogP contribution is 2.29. The molecule has 2 N–H and O–H groups in total. The molecule has 1 aromatic heterocycles. The van der Waals surface area contributed by atoms with E-state index in [1.54, 1.807) is 6.20 Å². The summed E-state index contributed by atoms with van der Waals surface area (Å²) in [6, 6.07) is 2.07. The molecule has 0 aliphatic carbocycles. The number of nitrogens with two attached hydrogens (primary N) is 1. The van der Waals surface area contributed by atoms with Crippen LogP contribution in [0, 0.1) is 11.3 Å².